The van der Waals surface area contributed by atoms with E-state index in [-0.39, 0.29) is 17.3 Å². The minimum absolute atomic E-state index is 0.0574. The highest BCUT2D eigenvalue weighted by atomic mass is 32.2. The van der Waals surface area contributed by atoms with Crippen LogP contribution in [-0.2, 0) is 21.2 Å². The summed E-state index contributed by atoms with van der Waals surface area (Å²) in [6.45, 7) is 1.11. The Morgan fingerprint density at radius 2 is 1.68 bits per heavy atom. The van der Waals surface area contributed by atoms with Gasteiger partial charge in [0.15, 0.2) is 11.5 Å². The summed E-state index contributed by atoms with van der Waals surface area (Å²) < 4.78 is 37.3. The van der Waals surface area contributed by atoms with Gasteiger partial charge in [-0.15, -0.1) is 0 Å². The number of likely N-dealkylation sites (N-methyl/N-ethyl adjacent to an activating group) is 1. The number of benzene rings is 2. The number of sulfonamides is 1. The van der Waals surface area contributed by atoms with Crippen molar-refractivity contribution in [3.05, 3.63) is 54.1 Å². The van der Waals surface area contributed by atoms with Crippen LogP contribution in [0.1, 0.15) is 18.4 Å². The Morgan fingerprint density at radius 1 is 1.03 bits per heavy atom. The number of carbonyl (C=O) groups is 1. The first-order valence-electron chi connectivity index (χ1n) is 10.3. The second-order valence-corrected chi connectivity index (χ2v) is 9.84. The zero-order chi connectivity index (χ0) is 22.4. The highest BCUT2D eigenvalue weighted by Crippen LogP contribution is 2.30. The average molecular weight is 447 g/mol. The molecule has 0 radical (unpaired) electrons. The lowest BCUT2D eigenvalue weighted by Crippen LogP contribution is -2.44. The molecule has 1 aliphatic heterocycles. The lowest BCUT2D eigenvalue weighted by molar-refractivity contribution is -0.132. The van der Waals surface area contributed by atoms with Gasteiger partial charge >= 0.3 is 0 Å². The molecule has 0 aliphatic carbocycles. The summed E-state index contributed by atoms with van der Waals surface area (Å²) in [5.74, 6) is 1.13. The summed E-state index contributed by atoms with van der Waals surface area (Å²) in [4.78, 5) is 14.6. The second-order valence-electron chi connectivity index (χ2n) is 7.79. The molecular formula is C23H30N2O5S. The fourth-order valence-corrected chi connectivity index (χ4v) is 5.00. The summed E-state index contributed by atoms with van der Waals surface area (Å²) >= 11 is 0. The molecule has 0 unspecified atom stereocenters. The van der Waals surface area contributed by atoms with Gasteiger partial charge in [-0.25, -0.2) is 8.42 Å². The molecule has 0 spiro atoms. The van der Waals surface area contributed by atoms with Crippen LogP contribution in [0.5, 0.6) is 11.5 Å². The van der Waals surface area contributed by atoms with Crippen molar-refractivity contribution in [2.45, 2.75) is 24.2 Å². The number of piperidine rings is 1. The van der Waals surface area contributed by atoms with Crippen molar-refractivity contribution in [3.63, 3.8) is 0 Å². The molecule has 3 rings (SSSR count). The Bertz CT molecular complexity index is 986. The number of likely N-dealkylation sites (tertiary alicyclic amines) is 1. The summed E-state index contributed by atoms with van der Waals surface area (Å²) in [7, 11) is 0.525. The molecular weight excluding hydrogens is 416 g/mol. The second kappa shape index (κ2) is 10.2. The predicted molar refractivity (Wildman–Crippen MR) is 119 cm³/mol. The smallest absolute Gasteiger partial charge is 0.243 e. The fraction of sp³-hybridized carbons (Fsp3) is 0.435. The van der Waals surface area contributed by atoms with Gasteiger partial charge in [-0.2, -0.15) is 4.31 Å². The molecule has 1 amide bonds. The predicted octanol–water partition coefficient (Wildman–Crippen LogP) is 2.81. The first-order valence-corrected chi connectivity index (χ1v) is 11.8. The minimum atomic E-state index is -3.83. The highest BCUT2D eigenvalue weighted by molar-refractivity contribution is 7.89. The van der Waals surface area contributed by atoms with E-state index in [0.717, 1.165) is 23.6 Å². The van der Waals surface area contributed by atoms with Crippen molar-refractivity contribution >= 4 is 15.9 Å². The molecule has 0 saturated carbocycles. The molecule has 31 heavy (non-hydrogen) atoms. The van der Waals surface area contributed by atoms with Crippen LogP contribution in [0.4, 0.5) is 0 Å². The Morgan fingerprint density at radius 3 is 2.29 bits per heavy atom. The first-order chi connectivity index (χ1) is 14.8. The van der Waals surface area contributed by atoms with Crippen molar-refractivity contribution < 1.29 is 22.7 Å². The van der Waals surface area contributed by atoms with Crippen LogP contribution in [0, 0.1) is 5.92 Å². The molecule has 1 aliphatic rings. The topological polar surface area (TPSA) is 76.2 Å². The van der Waals surface area contributed by atoms with E-state index in [2.05, 4.69) is 12.1 Å². The van der Waals surface area contributed by atoms with Gasteiger partial charge in [0.05, 0.1) is 25.7 Å². The van der Waals surface area contributed by atoms with Crippen LogP contribution in [0.2, 0.25) is 0 Å². The quantitative estimate of drug-likeness (QED) is 0.623. The normalized spacial score (nSPS) is 15.2. The van der Waals surface area contributed by atoms with E-state index in [1.165, 1.54) is 39.0 Å². The van der Waals surface area contributed by atoms with Gasteiger partial charge in [-0.1, -0.05) is 30.3 Å². The van der Waals surface area contributed by atoms with Crippen LogP contribution in [0.3, 0.4) is 0 Å². The Balaban J connectivity index is 1.57. The Hall–Kier alpha value is -2.58. The maximum Gasteiger partial charge on any atom is 0.243 e. The molecule has 2 aromatic carbocycles. The largest absolute Gasteiger partial charge is 0.493 e. The molecule has 8 heteroatoms. The third kappa shape index (κ3) is 5.57. The van der Waals surface area contributed by atoms with E-state index in [1.807, 2.05) is 18.2 Å². The van der Waals surface area contributed by atoms with Crippen molar-refractivity contribution in [2.24, 2.45) is 5.92 Å². The molecule has 1 saturated heterocycles. The zero-order valence-electron chi connectivity index (χ0n) is 18.3. The molecule has 1 fully saturated rings. The lowest BCUT2D eigenvalue weighted by atomic mass is 9.90. The monoisotopic (exact) mass is 446 g/mol. The number of amides is 1. The van der Waals surface area contributed by atoms with Gasteiger partial charge < -0.3 is 14.4 Å². The number of nitrogens with zero attached hydrogens (tertiary/aromatic N) is 2. The van der Waals surface area contributed by atoms with Gasteiger partial charge in [0.2, 0.25) is 15.9 Å². The molecule has 2 aromatic rings. The van der Waals surface area contributed by atoms with E-state index >= 15 is 0 Å². The zero-order valence-corrected chi connectivity index (χ0v) is 19.1. The average Bonchev–Trinajstić information content (AvgIpc) is 2.79. The Kier molecular flexibility index (Phi) is 7.56. The number of hydrogen-bond acceptors (Lipinski definition) is 5. The molecule has 0 atom stereocenters. The summed E-state index contributed by atoms with van der Waals surface area (Å²) in [5, 5.41) is 0. The number of hydrogen-bond donors (Lipinski definition) is 0. The molecule has 0 aromatic heterocycles. The number of methoxy groups -OCH3 is 2. The highest BCUT2D eigenvalue weighted by Gasteiger charge is 2.28. The van der Waals surface area contributed by atoms with E-state index < -0.39 is 10.0 Å². The van der Waals surface area contributed by atoms with Gasteiger partial charge in [-0.05, 0) is 42.9 Å². The van der Waals surface area contributed by atoms with E-state index in [0.29, 0.717) is 30.5 Å². The summed E-state index contributed by atoms with van der Waals surface area (Å²) in [6.07, 6.45) is 2.86. The maximum atomic E-state index is 12.9. The van der Waals surface area contributed by atoms with Crippen molar-refractivity contribution in [2.75, 3.05) is 40.9 Å². The first kappa shape index (κ1) is 23.1. The van der Waals surface area contributed by atoms with Crippen molar-refractivity contribution in [3.8, 4) is 11.5 Å². The van der Waals surface area contributed by atoms with E-state index in [1.54, 1.807) is 11.0 Å². The van der Waals surface area contributed by atoms with Crippen LogP contribution in [-0.4, -0.2) is 64.4 Å². The van der Waals surface area contributed by atoms with Gasteiger partial charge in [0.25, 0.3) is 0 Å². The van der Waals surface area contributed by atoms with Crippen molar-refractivity contribution in [1.29, 1.82) is 0 Å². The summed E-state index contributed by atoms with van der Waals surface area (Å²) in [6, 6.07) is 14.8. The number of ether oxygens (including phenoxy) is 2. The summed E-state index contributed by atoms with van der Waals surface area (Å²) in [5.41, 5.74) is 1.31. The standard InChI is InChI=1S/C23H30N2O5S/c1-24(31(27,28)20-9-10-21(29-2)22(16-20)30-3)17-23(26)25-13-11-19(12-14-25)15-18-7-5-4-6-8-18/h4-10,16,19H,11-15,17H2,1-3H3. The van der Waals surface area contributed by atoms with Crippen LogP contribution < -0.4 is 9.47 Å². The van der Waals surface area contributed by atoms with E-state index in [9.17, 15) is 13.2 Å². The third-order valence-corrected chi connectivity index (χ3v) is 7.55. The Labute approximate surface area is 184 Å². The van der Waals surface area contributed by atoms with Crippen molar-refractivity contribution in [1.82, 2.24) is 9.21 Å². The molecule has 0 bridgehead atoms. The van der Waals surface area contributed by atoms with Gasteiger partial charge in [-0.3, -0.25) is 4.79 Å². The maximum absolute atomic E-state index is 12.9. The number of rotatable bonds is 8. The van der Waals surface area contributed by atoms with Crippen LogP contribution in [0.15, 0.2) is 53.4 Å². The molecule has 168 valence electrons. The fourth-order valence-electron chi connectivity index (χ4n) is 3.87. The third-order valence-electron chi connectivity index (χ3n) is 5.76. The molecule has 7 nitrogen and oxygen atoms in total. The SMILES string of the molecule is COc1ccc(S(=O)(=O)N(C)CC(=O)N2CCC(Cc3ccccc3)CC2)cc1OC. The molecule has 1 heterocycles. The molecule has 0 N–H and O–H groups in total. The van der Waals surface area contributed by atoms with Crippen LogP contribution in [0.25, 0.3) is 0 Å². The minimum Gasteiger partial charge on any atom is -0.493 e. The van der Waals surface area contributed by atoms with E-state index in [4.69, 9.17) is 9.47 Å². The van der Waals surface area contributed by atoms with Gasteiger partial charge in [0, 0.05) is 26.2 Å². The van der Waals surface area contributed by atoms with Gasteiger partial charge in [0.1, 0.15) is 0 Å². The lowest BCUT2D eigenvalue weighted by Gasteiger charge is -2.33. The van der Waals surface area contributed by atoms with Crippen LogP contribution >= 0.6 is 0 Å². The number of carbonyl (C=O) groups excluding carboxylic acids is 1.